The average Bonchev–Trinajstić information content (AvgIpc) is 2.79. The minimum atomic E-state index is -0.761. The molecule has 2 amide bonds. The summed E-state index contributed by atoms with van der Waals surface area (Å²) < 4.78 is 0. The van der Waals surface area contributed by atoms with Crippen LogP contribution in [0, 0.1) is 11.8 Å². The molecule has 2 unspecified atom stereocenters. The monoisotopic (exact) mass is 284 g/mol. The first-order valence-electron chi connectivity index (χ1n) is 7.41. The fourth-order valence-corrected chi connectivity index (χ4v) is 3.28. The molecule has 6 nitrogen and oxygen atoms in total. The van der Waals surface area contributed by atoms with Crippen molar-refractivity contribution in [2.45, 2.75) is 38.6 Å². The van der Waals surface area contributed by atoms with E-state index < -0.39 is 5.97 Å². The Labute approximate surface area is 119 Å². The van der Waals surface area contributed by atoms with Crippen molar-refractivity contribution < 1.29 is 19.8 Å². The topological polar surface area (TPSA) is 81.1 Å². The third-order valence-electron chi connectivity index (χ3n) is 4.66. The van der Waals surface area contributed by atoms with Crippen LogP contribution in [0.25, 0.3) is 0 Å². The van der Waals surface area contributed by atoms with Gasteiger partial charge in [0.2, 0.25) is 0 Å². The van der Waals surface area contributed by atoms with Gasteiger partial charge >= 0.3 is 12.0 Å². The third kappa shape index (κ3) is 3.23. The van der Waals surface area contributed by atoms with Crippen molar-refractivity contribution in [3.63, 3.8) is 0 Å². The van der Waals surface area contributed by atoms with E-state index in [4.69, 9.17) is 5.11 Å². The number of aliphatic hydroxyl groups excluding tert-OH is 1. The highest BCUT2D eigenvalue weighted by Crippen LogP contribution is 2.27. The van der Waals surface area contributed by atoms with E-state index in [1.54, 1.807) is 9.80 Å². The fourth-order valence-electron chi connectivity index (χ4n) is 3.28. The van der Waals surface area contributed by atoms with Crippen molar-refractivity contribution in [2.24, 2.45) is 11.8 Å². The first-order valence-corrected chi connectivity index (χ1v) is 7.41. The molecule has 2 aliphatic heterocycles. The molecule has 2 atom stereocenters. The normalized spacial score (nSPS) is 27.9. The summed E-state index contributed by atoms with van der Waals surface area (Å²) in [4.78, 5) is 26.7. The number of carbonyl (C=O) groups excluding carboxylic acids is 1. The van der Waals surface area contributed by atoms with Gasteiger partial charge in [-0.2, -0.15) is 0 Å². The number of piperidine rings is 1. The summed E-state index contributed by atoms with van der Waals surface area (Å²) in [5, 5.41) is 18.2. The largest absolute Gasteiger partial charge is 0.481 e. The molecule has 0 aromatic carbocycles. The Morgan fingerprint density at radius 3 is 2.35 bits per heavy atom. The molecule has 2 rings (SSSR count). The van der Waals surface area contributed by atoms with Crippen molar-refractivity contribution in [3.05, 3.63) is 0 Å². The maximum absolute atomic E-state index is 12.5. The Hall–Kier alpha value is -1.30. The van der Waals surface area contributed by atoms with Crippen molar-refractivity contribution in [1.29, 1.82) is 0 Å². The summed E-state index contributed by atoms with van der Waals surface area (Å²) >= 11 is 0. The lowest BCUT2D eigenvalue weighted by molar-refractivity contribution is -0.138. The highest BCUT2D eigenvalue weighted by molar-refractivity contribution is 5.75. The first-order chi connectivity index (χ1) is 9.52. The van der Waals surface area contributed by atoms with Crippen LogP contribution in [0.3, 0.4) is 0 Å². The standard InChI is InChI=1S/C14H24N2O4/c1-10-2-7-16(12(10)9-17)14(20)15-5-3-11(4-6-15)8-13(18)19/h10-12,17H,2-9H2,1H3,(H,18,19). The number of rotatable bonds is 3. The minimum Gasteiger partial charge on any atom is -0.481 e. The molecule has 114 valence electrons. The molecule has 2 aliphatic rings. The van der Waals surface area contributed by atoms with Crippen LogP contribution in [0.15, 0.2) is 0 Å². The molecule has 0 aromatic heterocycles. The van der Waals surface area contributed by atoms with E-state index in [2.05, 4.69) is 6.92 Å². The average molecular weight is 284 g/mol. The number of carbonyl (C=O) groups is 2. The summed E-state index contributed by atoms with van der Waals surface area (Å²) in [6, 6.07) is -0.0681. The van der Waals surface area contributed by atoms with Gasteiger partial charge in [0.15, 0.2) is 0 Å². The second-order valence-electron chi connectivity index (χ2n) is 6.02. The van der Waals surface area contributed by atoms with Gasteiger partial charge in [0, 0.05) is 26.1 Å². The number of urea groups is 1. The number of hydrogen-bond donors (Lipinski definition) is 2. The van der Waals surface area contributed by atoms with Crippen LogP contribution in [0.4, 0.5) is 4.79 Å². The Morgan fingerprint density at radius 1 is 1.15 bits per heavy atom. The van der Waals surface area contributed by atoms with Crippen LogP contribution in [0.2, 0.25) is 0 Å². The highest BCUT2D eigenvalue weighted by atomic mass is 16.4. The zero-order valence-electron chi connectivity index (χ0n) is 12.0. The molecule has 2 heterocycles. The number of amides is 2. The Bertz CT molecular complexity index is 366. The van der Waals surface area contributed by atoms with E-state index in [0.717, 1.165) is 19.3 Å². The van der Waals surface area contributed by atoms with Gasteiger partial charge in [0.25, 0.3) is 0 Å². The van der Waals surface area contributed by atoms with Crippen molar-refractivity contribution in [3.8, 4) is 0 Å². The van der Waals surface area contributed by atoms with Crippen LogP contribution in [0.5, 0.6) is 0 Å². The molecule has 0 aliphatic carbocycles. The number of carboxylic acid groups (broad SMARTS) is 1. The number of nitrogens with zero attached hydrogens (tertiary/aromatic N) is 2. The number of hydrogen-bond acceptors (Lipinski definition) is 3. The lowest BCUT2D eigenvalue weighted by atomic mass is 9.94. The van der Waals surface area contributed by atoms with E-state index in [9.17, 15) is 14.7 Å². The van der Waals surface area contributed by atoms with Gasteiger partial charge in [-0.05, 0) is 31.1 Å². The second-order valence-corrected chi connectivity index (χ2v) is 6.02. The lowest BCUT2D eigenvalue weighted by Crippen LogP contribution is -2.50. The maximum atomic E-state index is 12.5. The van der Waals surface area contributed by atoms with Gasteiger partial charge < -0.3 is 20.0 Å². The van der Waals surface area contributed by atoms with Gasteiger partial charge in [0.1, 0.15) is 0 Å². The summed E-state index contributed by atoms with van der Waals surface area (Å²) in [5.74, 6) is -0.236. The quantitative estimate of drug-likeness (QED) is 0.810. The maximum Gasteiger partial charge on any atom is 0.320 e. The molecule has 2 fully saturated rings. The van der Waals surface area contributed by atoms with Gasteiger partial charge in [-0.1, -0.05) is 6.92 Å². The van der Waals surface area contributed by atoms with Gasteiger partial charge in [-0.25, -0.2) is 4.79 Å². The number of likely N-dealkylation sites (tertiary alicyclic amines) is 2. The van der Waals surface area contributed by atoms with Crippen LogP contribution < -0.4 is 0 Å². The SMILES string of the molecule is CC1CCN(C(=O)N2CCC(CC(=O)O)CC2)C1CO. The first kappa shape index (κ1) is 15.1. The zero-order valence-corrected chi connectivity index (χ0v) is 12.0. The molecule has 6 heteroatoms. The summed E-state index contributed by atoms with van der Waals surface area (Å²) in [6.45, 7) is 4.04. The van der Waals surface area contributed by atoms with E-state index in [1.807, 2.05) is 0 Å². The molecule has 20 heavy (non-hydrogen) atoms. The molecule has 2 saturated heterocycles. The Balaban J connectivity index is 1.87. The van der Waals surface area contributed by atoms with E-state index in [0.29, 0.717) is 25.6 Å². The molecule has 0 spiro atoms. The van der Waals surface area contributed by atoms with Crippen molar-refractivity contribution in [1.82, 2.24) is 9.80 Å². The predicted molar refractivity (Wildman–Crippen MR) is 73.3 cm³/mol. The molecular weight excluding hydrogens is 260 g/mol. The molecule has 2 N–H and O–H groups in total. The Kier molecular flexibility index (Phi) is 4.86. The molecule has 0 bridgehead atoms. The van der Waals surface area contributed by atoms with E-state index >= 15 is 0 Å². The van der Waals surface area contributed by atoms with E-state index in [-0.39, 0.29) is 31.0 Å². The van der Waals surface area contributed by atoms with Crippen LogP contribution in [-0.2, 0) is 4.79 Å². The molecule has 0 saturated carbocycles. The van der Waals surface area contributed by atoms with Crippen LogP contribution >= 0.6 is 0 Å². The lowest BCUT2D eigenvalue weighted by Gasteiger charge is -2.36. The van der Waals surface area contributed by atoms with Gasteiger partial charge in [-0.3, -0.25) is 4.79 Å². The van der Waals surface area contributed by atoms with Crippen LogP contribution in [-0.4, -0.2) is 64.3 Å². The van der Waals surface area contributed by atoms with E-state index in [1.165, 1.54) is 0 Å². The number of aliphatic hydroxyl groups is 1. The second kappa shape index (κ2) is 6.43. The minimum absolute atomic E-state index is 0.00201. The smallest absolute Gasteiger partial charge is 0.320 e. The highest BCUT2D eigenvalue weighted by Gasteiger charge is 2.37. The van der Waals surface area contributed by atoms with Gasteiger partial charge in [0.05, 0.1) is 12.6 Å². The summed E-state index contributed by atoms with van der Waals surface area (Å²) in [6.07, 6.45) is 2.64. The molecular formula is C14H24N2O4. The number of carboxylic acids is 1. The third-order valence-corrected chi connectivity index (χ3v) is 4.66. The molecule has 0 radical (unpaired) electrons. The zero-order chi connectivity index (χ0) is 14.7. The van der Waals surface area contributed by atoms with Crippen LogP contribution in [0.1, 0.15) is 32.6 Å². The predicted octanol–water partition coefficient (Wildman–Crippen LogP) is 0.996. The van der Waals surface area contributed by atoms with Crippen molar-refractivity contribution >= 4 is 12.0 Å². The summed E-state index contributed by atoms with van der Waals surface area (Å²) in [5.41, 5.74) is 0. The van der Waals surface area contributed by atoms with Gasteiger partial charge in [-0.15, -0.1) is 0 Å². The summed E-state index contributed by atoms with van der Waals surface area (Å²) in [7, 11) is 0. The fraction of sp³-hybridized carbons (Fsp3) is 0.857. The Morgan fingerprint density at radius 2 is 1.80 bits per heavy atom. The number of aliphatic carboxylic acids is 1. The van der Waals surface area contributed by atoms with Crippen molar-refractivity contribution in [2.75, 3.05) is 26.2 Å². The molecule has 0 aromatic rings.